The molecule has 0 aliphatic heterocycles. The third kappa shape index (κ3) is 13.5. The fourth-order valence-corrected chi connectivity index (χ4v) is 3.58. The second-order valence-corrected chi connectivity index (χ2v) is 8.08. The first-order chi connectivity index (χ1) is 16.0. The first-order valence-corrected chi connectivity index (χ1v) is 11.9. The van der Waals surface area contributed by atoms with Crippen molar-refractivity contribution in [2.45, 2.75) is 58.5 Å². The molecule has 2 aromatic rings. The topological polar surface area (TPSA) is 78.9 Å². The predicted octanol–water partition coefficient (Wildman–Crippen LogP) is 0.0377. The third-order valence-corrected chi connectivity index (χ3v) is 5.49. The zero-order valence-corrected chi connectivity index (χ0v) is 23.9. The Bertz CT molecular complexity index is 835. The average Bonchev–Trinajstić information content (AvgIpc) is 2.83. The number of nitrogens with zero attached hydrogens (tertiary/aromatic N) is 1. The standard InChI is InChI=1S/C27H37NO5.Ca.ClH/c1-3-5-6-10-18-28(19-17-22-11-8-7-9-12-22)26(29)21-33-24-15-13-23(14-16-24)20-25(27(30)31)32-4-2;;/h7-9,11-16,25H,3-6,10,17-21H2,1-2H3,(H,30,31);;1H/q;+2;/p-2/t25-;;/m0../s1. The number of halogens is 1. The van der Waals surface area contributed by atoms with Crippen LogP contribution in [0.15, 0.2) is 54.6 Å². The number of carboxylic acid groups (broad SMARTS) is 1. The molecular weight excluding hydrogens is 494 g/mol. The van der Waals surface area contributed by atoms with Gasteiger partial charge in [0.15, 0.2) is 6.61 Å². The fourth-order valence-electron chi connectivity index (χ4n) is 3.58. The number of benzene rings is 2. The molecule has 188 valence electrons. The van der Waals surface area contributed by atoms with Gasteiger partial charge in [-0.3, -0.25) is 4.79 Å². The number of ether oxygens (including phenoxy) is 2. The number of amides is 1. The van der Waals surface area contributed by atoms with Crippen molar-refractivity contribution in [2.24, 2.45) is 0 Å². The van der Waals surface area contributed by atoms with Gasteiger partial charge in [-0.2, -0.15) is 0 Å². The van der Waals surface area contributed by atoms with Crippen molar-refractivity contribution >= 4 is 49.6 Å². The molecule has 6 nitrogen and oxygen atoms in total. The van der Waals surface area contributed by atoms with Crippen LogP contribution in [0.25, 0.3) is 0 Å². The second kappa shape index (κ2) is 19.8. The minimum atomic E-state index is -1.22. The van der Waals surface area contributed by atoms with E-state index in [-0.39, 0.29) is 69.1 Å². The Morgan fingerprint density at radius 1 is 0.914 bits per heavy atom. The summed E-state index contributed by atoms with van der Waals surface area (Å²) in [5, 5.41) is 11.2. The van der Waals surface area contributed by atoms with Crippen LogP contribution in [-0.2, 0) is 27.2 Å². The van der Waals surface area contributed by atoms with Crippen molar-refractivity contribution in [3.8, 4) is 5.75 Å². The van der Waals surface area contributed by atoms with Crippen LogP contribution in [0.4, 0.5) is 0 Å². The molecule has 0 heterocycles. The molecule has 0 unspecified atom stereocenters. The molecule has 0 N–H and O–H groups in total. The maximum Gasteiger partial charge on any atom is 2.00 e. The Labute approximate surface area is 245 Å². The summed E-state index contributed by atoms with van der Waals surface area (Å²) < 4.78 is 10.9. The Morgan fingerprint density at radius 2 is 1.60 bits per heavy atom. The summed E-state index contributed by atoms with van der Waals surface area (Å²) in [7, 11) is 0. The maximum absolute atomic E-state index is 12.9. The molecule has 1 amide bonds. The first kappa shape index (κ1) is 33.7. The van der Waals surface area contributed by atoms with Crippen LogP contribution in [0.5, 0.6) is 5.75 Å². The minimum absolute atomic E-state index is 0. The van der Waals surface area contributed by atoms with Gasteiger partial charge in [-0.25, -0.2) is 0 Å². The molecular formula is C27H36CaClNO5. The molecule has 0 spiro atoms. The molecule has 2 aromatic carbocycles. The van der Waals surface area contributed by atoms with E-state index in [0.717, 1.165) is 37.8 Å². The Hall–Kier alpha value is -1.31. The fraction of sp³-hybridized carbons (Fsp3) is 0.481. The molecule has 0 saturated heterocycles. The van der Waals surface area contributed by atoms with Crippen LogP contribution in [0, 0.1) is 0 Å². The number of hydrogen-bond acceptors (Lipinski definition) is 5. The van der Waals surface area contributed by atoms with Gasteiger partial charge in [-0.15, -0.1) is 0 Å². The van der Waals surface area contributed by atoms with Crippen LogP contribution in [0.3, 0.4) is 0 Å². The molecule has 0 saturated carbocycles. The van der Waals surface area contributed by atoms with E-state index in [1.165, 1.54) is 12.0 Å². The van der Waals surface area contributed by atoms with Crippen LogP contribution in [0.2, 0.25) is 0 Å². The van der Waals surface area contributed by atoms with Gasteiger partial charge in [0.1, 0.15) is 11.9 Å². The Kier molecular flexibility index (Phi) is 19.1. The van der Waals surface area contributed by atoms with Gasteiger partial charge < -0.3 is 36.7 Å². The molecule has 0 bridgehead atoms. The SMILES string of the molecule is CCCCCCN(CCc1ccccc1)C(=O)COc1ccc(C[C@H](OCC)C(=O)[O-])cc1.[Ca+2].[Cl-]. The molecule has 0 aliphatic rings. The van der Waals surface area contributed by atoms with E-state index in [4.69, 9.17) is 9.47 Å². The number of aliphatic carboxylic acids is 1. The summed E-state index contributed by atoms with van der Waals surface area (Å²) in [6.07, 6.45) is 4.49. The minimum Gasteiger partial charge on any atom is -1.00 e. The number of carbonyl (C=O) groups is 2. The van der Waals surface area contributed by atoms with Crippen molar-refractivity contribution in [2.75, 3.05) is 26.3 Å². The summed E-state index contributed by atoms with van der Waals surface area (Å²) in [4.78, 5) is 25.9. The quantitative estimate of drug-likeness (QED) is 0.227. The predicted molar refractivity (Wildman–Crippen MR) is 133 cm³/mol. The van der Waals surface area contributed by atoms with Gasteiger partial charge in [0.05, 0.1) is 5.97 Å². The van der Waals surface area contributed by atoms with Crippen molar-refractivity contribution in [3.05, 3.63) is 65.7 Å². The van der Waals surface area contributed by atoms with Crippen molar-refractivity contribution in [3.63, 3.8) is 0 Å². The monoisotopic (exact) mass is 529 g/mol. The second-order valence-electron chi connectivity index (χ2n) is 8.08. The summed E-state index contributed by atoms with van der Waals surface area (Å²) >= 11 is 0. The number of carboxylic acids is 1. The van der Waals surface area contributed by atoms with Gasteiger partial charge in [0.2, 0.25) is 0 Å². The van der Waals surface area contributed by atoms with Gasteiger partial charge >= 0.3 is 37.7 Å². The average molecular weight is 530 g/mol. The normalized spacial score (nSPS) is 11.0. The largest absolute Gasteiger partial charge is 2.00 e. The zero-order valence-electron chi connectivity index (χ0n) is 20.9. The molecule has 1 atom stereocenters. The number of hydrogen-bond donors (Lipinski definition) is 0. The Balaban J connectivity index is 0.00000578. The summed E-state index contributed by atoms with van der Waals surface area (Å²) in [5.74, 6) is -0.681. The van der Waals surface area contributed by atoms with Crippen molar-refractivity contribution in [1.29, 1.82) is 0 Å². The van der Waals surface area contributed by atoms with Crippen LogP contribution >= 0.6 is 0 Å². The van der Waals surface area contributed by atoms with E-state index in [9.17, 15) is 14.7 Å². The molecule has 35 heavy (non-hydrogen) atoms. The molecule has 0 fully saturated rings. The van der Waals surface area contributed by atoms with Gasteiger partial charge in [0, 0.05) is 26.1 Å². The smallest absolute Gasteiger partial charge is 1.00 e. The maximum atomic E-state index is 12.9. The number of unbranched alkanes of at least 4 members (excludes halogenated alkanes) is 3. The summed E-state index contributed by atoms with van der Waals surface area (Å²) in [6.45, 7) is 5.60. The van der Waals surface area contributed by atoms with Crippen molar-refractivity contribution in [1.82, 2.24) is 4.90 Å². The van der Waals surface area contributed by atoms with Crippen LogP contribution in [-0.4, -0.2) is 86.9 Å². The van der Waals surface area contributed by atoms with E-state index in [1.54, 1.807) is 31.2 Å². The van der Waals surface area contributed by atoms with E-state index >= 15 is 0 Å². The first-order valence-electron chi connectivity index (χ1n) is 11.9. The van der Waals surface area contributed by atoms with Gasteiger partial charge in [-0.1, -0.05) is 68.7 Å². The Morgan fingerprint density at radius 3 is 2.20 bits per heavy atom. The van der Waals surface area contributed by atoms with Crippen molar-refractivity contribution < 1.29 is 36.6 Å². The third-order valence-electron chi connectivity index (χ3n) is 5.49. The zero-order chi connectivity index (χ0) is 23.9. The number of carbonyl (C=O) groups excluding carboxylic acids is 2. The van der Waals surface area contributed by atoms with Gasteiger partial charge in [0.25, 0.3) is 5.91 Å². The number of rotatable bonds is 16. The molecule has 0 aromatic heterocycles. The molecule has 2 rings (SSSR count). The molecule has 0 aliphatic carbocycles. The summed E-state index contributed by atoms with van der Waals surface area (Å²) in [5.41, 5.74) is 2.01. The molecule has 0 radical (unpaired) electrons. The van der Waals surface area contributed by atoms with E-state index in [1.807, 2.05) is 23.1 Å². The van der Waals surface area contributed by atoms with E-state index in [0.29, 0.717) is 18.9 Å². The van der Waals surface area contributed by atoms with Gasteiger partial charge in [-0.05, 0) is 43.0 Å². The van der Waals surface area contributed by atoms with E-state index in [2.05, 4.69) is 19.1 Å². The van der Waals surface area contributed by atoms with Crippen LogP contribution < -0.4 is 22.3 Å². The molecule has 8 heteroatoms. The van der Waals surface area contributed by atoms with Crippen LogP contribution in [0.1, 0.15) is 50.7 Å². The summed E-state index contributed by atoms with van der Waals surface area (Å²) in [6, 6.07) is 17.2. The van der Waals surface area contributed by atoms with E-state index < -0.39 is 12.1 Å².